The van der Waals surface area contributed by atoms with Crippen molar-refractivity contribution in [2.75, 3.05) is 26.0 Å². The SMILES string of the molecule is COC(=O)c1cncc(NC2CCN(C)C2=O)n1. The molecule has 18 heavy (non-hydrogen) atoms. The van der Waals surface area contributed by atoms with Crippen LogP contribution in [0.3, 0.4) is 0 Å². The van der Waals surface area contributed by atoms with Gasteiger partial charge in [0.05, 0.1) is 19.5 Å². The molecule has 0 bridgehead atoms. The molecule has 1 aromatic rings. The average Bonchev–Trinajstić information content (AvgIpc) is 2.70. The standard InChI is InChI=1S/C11H14N4O3/c1-15-4-3-7(10(15)16)13-9-6-12-5-8(14-9)11(17)18-2/h5-7H,3-4H2,1-2H3,(H,13,14). The molecule has 0 aliphatic carbocycles. The summed E-state index contributed by atoms with van der Waals surface area (Å²) in [6, 6.07) is -0.308. The number of nitrogens with zero attached hydrogens (tertiary/aromatic N) is 3. The van der Waals surface area contributed by atoms with Gasteiger partial charge in [0.2, 0.25) is 5.91 Å². The molecule has 1 fully saturated rings. The number of methoxy groups -OCH3 is 1. The molecule has 2 rings (SSSR count). The first-order valence-electron chi connectivity index (χ1n) is 5.53. The molecule has 7 nitrogen and oxygen atoms in total. The van der Waals surface area contributed by atoms with Crippen molar-refractivity contribution in [3.05, 3.63) is 18.1 Å². The summed E-state index contributed by atoms with van der Waals surface area (Å²) in [5, 5.41) is 2.97. The Bertz CT molecular complexity index is 477. The van der Waals surface area contributed by atoms with Crippen molar-refractivity contribution in [3.8, 4) is 0 Å². The summed E-state index contributed by atoms with van der Waals surface area (Å²) in [6.07, 6.45) is 3.50. The van der Waals surface area contributed by atoms with Crippen molar-refractivity contribution in [2.24, 2.45) is 0 Å². The third-order valence-electron chi connectivity index (χ3n) is 2.78. The molecule has 0 saturated carbocycles. The van der Waals surface area contributed by atoms with Crippen molar-refractivity contribution in [1.29, 1.82) is 0 Å². The van der Waals surface area contributed by atoms with Gasteiger partial charge in [-0.25, -0.2) is 9.78 Å². The topological polar surface area (TPSA) is 84.4 Å². The number of likely N-dealkylation sites (N-methyl/N-ethyl adjacent to an activating group) is 1. The number of esters is 1. The molecule has 0 radical (unpaired) electrons. The molecule has 1 N–H and O–H groups in total. The molecule has 1 aliphatic heterocycles. The van der Waals surface area contributed by atoms with Gasteiger partial charge in [0.1, 0.15) is 11.9 Å². The van der Waals surface area contributed by atoms with Crippen LogP contribution in [0.5, 0.6) is 0 Å². The van der Waals surface area contributed by atoms with Crippen LogP contribution in [-0.4, -0.2) is 53.5 Å². The third-order valence-corrected chi connectivity index (χ3v) is 2.78. The van der Waals surface area contributed by atoms with Gasteiger partial charge in [-0.3, -0.25) is 9.78 Å². The number of ether oxygens (including phenoxy) is 1. The van der Waals surface area contributed by atoms with Crippen LogP contribution in [0.4, 0.5) is 5.82 Å². The second-order valence-corrected chi connectivity index (χ2v) is 4.03. The highest BCUT2D eigenvalue weighted by atomic mass is 16.5. The Morgan fingerprint density at radius 2 is 2.33 bits per heavy atom. The van der Waals surface area contributed by atoms with Crippen LogP contribution in [0.1, 0.15) is 16.9 Å². The molecule has 1 unspecified atom stereocenters. The molecular weight excluding hydrogens is 236 g/mol. The minimum Gasteiger partial charge on any atom is -0.464 e. The molecular formula is C11H14N4O3. The second-order valence-electron chi connectivity index (χ2n) is 4.03. The first kappa shape index (κ1) is 12.3. The lowest BCUT2D eigenvalue weighted by Crippen LogP contribution is -2.31. The van der Waals surface area contributed by atoms with Gasteiger partial charge in [-0.1, -0.05) is 0 Å². The van der Waals surface area contributed by atoms with Crippen molar-refractivity contribution in [3.63, 3.8) is 0 Å². The van der Waals surface area contributed by atoms with E-state index in [4.69, 9.17) is 0 Å². The van der Waals surface area contributed by atoms with Crippen molar-refractivity contribution in [1.82, 2.24) is 14.9 Å². The van der Waals surface area contributed by atoms with E-state index in [-0.39, 0.29) is 17.6 Å². The molecule has 1 aromatic heterocycles. The van der Waals surface area contributed by atoms with Crippen LogP contribution in [0, 0.1) is 0 Å². The van der Waals surface area contributed by atoms with Gasteiger partial charge in [0.25, 0.3) is 0 Å². The van der Waals surface area contributed by atoms with E-state index >= 15 is 0 Å². The van der Waals surface area contributed by atoms with Crippen LogP contribution in [0.25, 0.3) is 0 Å². The minimum absolute atomic E-state index is 0.0141. The minimum atomic E-state index is -0.555. The number of carbonyl (C=O) groups is 2. The number of rotatable bonds is 3. The number of anilines is 1. The van der Waals surface area contributed by atoms with Gasteiger partial charge < -0.3 is 15.0 Å². The van der Waals surface area contributed by atoms with E-state index in [9.17, 15) is 9.59 Å². The van der Waals surface area contributed by atoms with E-state index in [0.29, 0.717) is 18.8 Å². The Morgan fingerprint density at radius 1 is 1.56 bits per heavy atom. The molecule has 96 valence electrons. The van der Waals surface area contributed by atoms with Crippen molar-refractivity contribution < 1.29 is 14.3 Å². The molecule has 1 atom stereocenters. The number of carbonyl (C=O) groups excluding carboxylic acids is 2. The smallest absolute Gasteiger partial charge is 0.358 e. The van der Waals surface area contributed by atoms with Gasteiger partial charge >= 0.3 is 5.97 Å². The number of aromatic nitrogens is 2. The fourth-order valence-electron chi connectivity index (χ4n) is 1.77. The summed E-state index contributed by atoms with van der Waals surface area (Å²) in [4.78, 5) is 32.6. The van der Waals surface area contributed by atoms with Gasteiger partial charge in [-0.2, -0.15) is 0 Å². The molecule has 0 spiro atoms. The maximum absolute atomic E-state index is 11.7. The Kier molecular flexibility index (Phi) is 3.40. The fraction of sp³-hybridized carbons (Fsp3) is 0.455. The zero-order valence-electron chi connectivity index (χ0n) is 10.2. The molecule has 1 amide bonds. The number of hydrogen-bond acceptors (Lipinski definition) is 6. The van der Waals surface area contributed by atoms with E-state index in [2.05, 4.69) is 20.0 Å². The maximum atomic E-state index is 11.7. The maximum Gasteiger partial charge on any atom is 0.358 e. The second kappa shape index (κ2) is 4.99. The quantitative estimate of drug-likeness (QED) is 0.754. The molecule has 1 saturated heterocycles. The lowest BCUT2D eigenvalue weighted by Gasteiger charge is -2.12. The van der Waals surface area contributed by atoms with Crippen LogP contribution in [0.15, 0.2) is 12.4 Å². The lowest BCUT2D eigenvalue weighted by molar-refractivity contribution is -0.127. The van der Waals surface area contributed by atoms with Crippen molar-refractivity contribution in [2.45, 2.75) is 12.5 Å². The van der Waals surface area contributed by atoms with Crippen LogP contribution in [-0.2, 0) is 9.53 Å². The summed E-state index contributed by atoms with van der Waals surface area (Å²) in [5.74, 6) is -0.146. The number of nitrogens with one attached hydrogen (secondary N) is 1. The monoisotopic (exact) mass is 250 g/mol. The van der Waals surface area contributed by atoms with E-state index < -0.39 is 5.97 Å². The van der Waals surface area contributed by atoms with Gasteiger partial charge in [-0.05, 0) is 6.42 Å². The van der Waals surface area contributed by atoms with E-state index in [0.717, 1.165) is 0 Å². The van der Waals surface area contributed by atoms with Gasteiger partial charge in [-0.15, -0.1) is 0 Å². The van der Waals surface area contributed by atoms with Crippen LogP contribution < -0.4 is 5.32 Å². The summed E-state index contributed by atoms with van der Waals surface area (Å²) in [6.45, 7) is 0.709. The highest BCUT2D eigenvalue weighted by molar-refractivity contribution is 5.88. The summed E-state index contributed by atoms with van der Waals surface area (Å²) < 4.78 is 4.56. The Balaban J connectivity index is 2.10. The fourth-order valence-corrected chi connectivity index (χ4v) is 1.77. The normalized spacial score (nSPS) is 18.9. The molecule has 7 heteroatoms. The Labute approximate surface area is 104 Å². The summed E-state index contributed by atoms with van der Waals surface area (Å²) in [5.41, 5.74) is 0.112. The number of hydrogen-bond donors (Lipinski definition) is 1. The van der Waals surface area contributed by atoms with Gasteiger partial charge in [0.15, 0.2) is 5.69 Å². The zero-order chi connectivity index (χ0) is 13.1. The van der Waals surface area contributed by atoms with E-state index in [1.165, 1.54) is 19.5 Å². The van der Waals surface area contributed by atoms with Crippen LogP contribution in [0.2, 0.25) is 0 Å². The Hall–Kier alpha value is -2.18. The van der Waals surface area contributed by atoms with Crippen LogP contribution >= 0.6 is 0 Å². The number of likely N-dealkylation sites (tertiary alicyclic amines) is 1. The Morgan fingerprint density at radius 3 is 2.94 bits per heavy atom. The molecule has 0 aromatic carbocycles. The highest BCUT2D eigenvalue weighted by Gasteiger charge is 2.29. The predicted octanol–water partition coefficient (Wildman–Crippen LogP) is -0.0942. The van der Waals surface area contributed by atoms with Crippen molar-refractivity contribution >= 4 is 17.7 Å². The first-order valence-corrected chi connectivity index (χ1v) is 5.53. The third kappa shape index (κ3) is 2.39. The molecule has 1 aliphatic rings. The number of amides is 1. The summed E-state index contributed by atoms with van der Waals surface area (Å²) >= 11 is 0. The lowest BCUT2D eigenvalue weighted by atomic mass is 10.2. The van der Waals surface area contributed by atoms with E-state index in [1.54, 1.807) is 11.9 Å². The highest BCUT2D eigenvalue weighted by Crippen LogP contribution is 2.14. The molecule has 2 heterocycles. The summed E-state index contributed by atoms with van der Waals surface area (Å²) in [7, 11) is 3.03. The zero-order valence-corrected chi connectivity index (χ0v) is 10.2. The van der Waals surface area contributed by atoms with E-state index in [1.807, 2.05) is 0 Å². The first-order chi connectivity index (χ1) is 8.61. The average molecular weight is 250 g/mol. The van der Waals surface area contributed by atoms with Gasteiger partial charge in [0, 0.05) is 13.6 Å². The largest absolute Gasteiger partial charge is 0.464 e. The predicted molar refractivity (Wildman–Crippen MR) is 63.0 cm³/mol.